The third-order valence-corrected chi connectivity index (χ3v) is 4.64. The molecule has 0 bridgehead atoms. The van der Waals surface area contributed by atoms with E-state index in [2.05, 4.69) is 14.9 Å². The molecule has 0 unspecified atom stereocenters. The third kappa shape index (κ3) is 3.77. The van der Waals surface area contributed by atoms with E-state index in [0.717, 1.165) is 37.6 Å². The van der Waals surface area contributed by atoms with E-state index in [4.69, 9.17) is 10.5 Å². The van der Waals surface area contributed by atoms with Gasteiger partial charge in [-0.3, -0.25) is 10.1 Å². The molecule has 1 fully saturated rings. The van der Waals surface area contributed by atoms with Crippen LogP contribution < -0.4 is 10.6 Å². The quantitative estimate of drug-likeness (QED) is 0.550. The average molecular weight is 377 g/mol. The molecule has 0 spiro atoms. The summed E-state index contributed by atoms with van der Waals surface area (Å²) in [5.74, 6) is 0.122. The van der Waals surface area contributed by atoms with Crippen molar-refractivity contribution in [3.63, 3.8) is 0 Å². The summed E-state index contributed by atoms with van der Waals surface area (Å²) in [6, 6.07) is 16.2. The normalized spacial score (nSPS) is 14.1. The Bertz CT molecular complexity index is 1000. The van der Waals surface area contributed by atoms with Gasteiger partial charge in [0.25, 0.3) is 5.69 Å². The Morgan fingerprint density at radius 3 is 2.32 bits per heavy atom. The largest absolute Gasteiger partial charge is 0.378 e. The Balaban J connectivity index is 1.65. The van der Waals surface area contributed by atoms with Crippen molar-refractivity contribution in [2.24, 2.45) is 0 Å². The number of non-ortho nitro benzene ring substituents is 1. The average Bonchev–Trinajstić information content (AvgIpc) is 2.74. The fourth-order valence-corrected chi connectivity index (χ4v) is 3.20. The zero-order chi connectivity index (χ0) is 19.5. The molecule has 142 valence electrons. The fourth-order valence-electron chi connectivity index (χ4n) is 3.20. The molecule has 1 saturated heterocycles. The van der Waals surface area contributed by atoms with Gasteiger partial charge in [0.2, 0.25) is 5.95 Å². The first-order valence-corrected chi connectivity index (χ1v) is 8.93. The Morgan fingerprint density at radius 2 is 1.64 bits per heavy atom. The van der Waals surface area contributed by atoms with E-state index in [9.17, 15) is 10.1 Å². The molecular weight excluding hydrogens is 358 g/mol. The van der Waals surface area contributed by atoms with Crippen molar-refractivity contribution in [3.8, 4) is 22.5 Å². The van der Waals surface area contributed by atoms with Gasteiger partial charge >= 0.3 is 0 Å². The van der Waals surface area contributed by atoms with Crippen molar-refractivity contribution in [1.82, 2.24) is 9.97 Å². The summed E-state index contributed by atoms with van der Waals surface area (Å²) in [5, 5.41) is 11.0. The van der Waals surface area contributed by atoms with Crippen LogP contribution in [0.1, 0.15) is 0 Å². The van der Waals surface area contributed by atoms with E-state index >= 15 is 0 Å². The van der Waals surface area contributed by atoms with Crippen LogP contribution in [0.15, 0.2) is 54.6 Å². The molecular formula is C20H19N5O3. The van der Waals surface area contributed by atoms with Crippen LogP contribution in [0.5, 0.6) is 0 Å². The Labute approximate surface area is 161 Å². The molecule has 8 heteroatoms. The second-order valence-corrected chi connectivity index (χ2v) is 6.45. The summed E-state index contributed by atoms with van der Waals surface area (Å²) < 4.78 is 5.39. The number of anilines is 2. The van der Waals surface area contributed by atoms with Crippen LogP contribution in [0.3, 0.4) is 0 Å². The molecule has 28 heavy (non-hydrogen) atoms. The van der Waals surface area contributed by atoms with Crippen molar-refractivity contribution < 1.29 is 9.66 Å². The molecule has 4 rings (SSSR count). The van der Waals surface area contributed by atoms with Crippen LogP contribution in [-0.4, -0.2) is 41.2 Å². The zero-order valence-electron chi connectivity index (χ0n) is 15.1. The number of hydrogen-bond acceptors (Lipinski definition) is 7. The molecule has 2 N–H and O–H groups in total. The highest BCUT2D eigenvalue weighted by Crippen LogP contribution is 2.28. The third-order valence-electron chi connectivity index (χ3n) is 4.64. The first kappa shape index (κ1) is 17.9. The van der Waals surface area contributed by atoms with Gasteiger partial charge in [-0.05, 0) is 18.2 Å². The topological polar surface area (TPSA) is 107 Å². The number of nitrogens with zero attached hydrogens (tertiary/aromatic N) is 4. The number of aromatic nitrogens is 2. The van der Waals surface area contributed by atoms with E-state index in [1.165, 1.54) is 12.1 Å². The molecule has 0 saturated carbocycles. The lowest BCUT2D eigenvalue weighted by Crippen LogP contribution is -2.36. The molecule has 2 aromatic carbocycles. The standard InChI is InChI=1S/C20H19N5O3/c21-20-22-18(13-19(23-20)15-2-1-3-17(12-15)25(26)27)14-4-6-16(7-5-14)24-8-10-28-11-9-24/h1-7,12-13H,8-11H2,(H2,21,22,23). The lowest BCUT2D eigenvalue weighted by Gasteiger charge is -2.28. The molecule has 8 nitrogen and oxygen atoms in total. The summed E-state index contributed by atoms with van der Waals surface area (Å²) in [7, 11) is 0. The monoisotopic (exact) mass is 377 g/mol. The lowest BCUT2D eigenvalue weighted by molar-refractivity contribution is -0.384. The zero-order valence-corrected chi connectivity index (χ0v) is 15.1. The number of benzene rings is 2. The van der Waals surface area contributed by atoms with E-state index in [-0.39, 0.29) is 11.6 Å². The van der Waals surface area contributed by atoms with Gasteiger partial charge in [-0.15, -0.1) is 0 Å². The van der Waals surface area contributed by atoms with E-state index in [0.29, 0.717) is 17.0 Å². The molecule has 1 aromatic heterocycles. The molecule has 0 aliphatic carbocycles. The van der Waals surface area contributed by atoms with Crippen molar-refractivity contribution >= 4 is 17.3 Å². The maximum absolute atomic E-state index is 11.0. The van der Waals surface area contributed by atoms with Crippen LogP contribution in [0.2, 0.25) is 0 Å². The first-order chi connectivity index (χ1) is 13.6. The minimum Gasteiger partial charge on any atom is -0.378 e. The smallest absolute Gasteiger partial charge is 0.270 e. The fraction of sp³-hybridized carbons (Fsp3) is 0.200. The molecule has 1 aliphatic rings. The van der Waals surface area contributed by atoms with Gasteiger partial charge < -0.3 is 15.4 Å². The number of ether oxygens (including phenoxy) is 1. The van der Waals surface area contributed by atoms with Crippen molar-refractivity contribution in [2.75, 3.05) is 36.9 Å². The summed E-state index contributed by atoms with van der Waals surface area (Å²) in [4.78, 5) is 21.5. The Kier molecular flexibility index (Phi) is 4.86. The number of hydrogen-bond donors (Lipinski definition) is 1. The first-order valence-electron chi connectivity index (χ1n) is 8.93. The van der Waals surface area contributed by atoms with Gasteiger partial charge in [-0.25, -0.2) is 9.97 Å². The van der Waals surface area contributed by atoms with Crippen LogP contribution in [0.25, 0.3) is 22.5 Å². The summed E-state index contributed by atoms with van der Waals surface area (Å²) in [6.07, 6.45) is 0. The molecule has 3 aromatic rings. The molecule has 0 amide bonds. The van der Waals surface area contributed by atoms with Gasteiger partial charge in [0.1, 0.15) is 0 Å². The minimum absolute atomic E-state index is 0.00565. The maximum Gasteiger partial charge on any atom is 0.270 e. The summed E-state index contributed by atoms with van der Waals surface area (Å²) in [6.45, 7) is 3.21. The number of morpholine rings is 1. The van der Waals surface area contributed by atoms with Crippen LogP contribution in [0, 0.1) is 10.1 Å². The number of nitro benzene ring substituents is 1. The van der Waals surface area contributed by atoms with E-state index in [1.54, 1.807) is 18.2 Å². The number of rotatable bonds is 4. The maximum atomic E-state index is 11.0. The van der Waals surface area contributed by atoms with Gasteiger partial charge in [0.15, 0.2) is 0 Å². The molecule has 0 atom stereocenters. The van der Waals surface area contributed by atoms with Crippen molar-refractivity contribution in [1.29, 1.82) is 0 Å². The van der Waals surface area contributed by atoms with Crippen LogP contribution in [0.4, 0.5) is 17.3 Å². The van der Waals surface area contributed by atoms with E-state index in [1.807, 2.05) is 24.3 Å². The second kappa shape index (κ2) is 7.61. The minimum atomic E-state index is -0.431. The second-order valence-electron chi connectivity index (χ2n) is 6.45. The highest BCUT2D eigenvalue weighted by atomic mass is 16.6. The van der Waals surface area contributed by atoms with Crippen molar-refractivity contribution in [2.45, 2.75) is 0 Å². The van der Waals surface area contributed by atoms with Gasteiger partial charge in [0, 0.05) is 42.0 Å². The Hall–Kier alpha value is -3.52. The lowest BCUT2D eigenvalue weighted by atomic mass is 10.1. The summed E-state index contributed by atoms with van der Waals surface area (Å²) in [5.41, 5.74) is 9.77. The van der Waals surface area contributed by atoms with Crippen LogP contribution >= 0.6 is 0 Å². The van der Waals surface area contributed by atoms with Gasteiger partial charge in [-0.2, -0.15) is 0 Å². The van der Waals surface area contributed by atoms with Crippen molar-refractivity contribution in [3.05, 3.63) is 64.7 Å². The van der Waals surface area contributed by atoms with Gasteiger partial charge in [0.05, 0.1) is 29.5 Å². The Morgan fingerprint density at radius 1 is 0.964 bits per heavy atom. The predicted molar refractivity (Wildman–Crippen MR) is 107 cm³/mol. The number of nitrogen functional groups attached to an aromatic ring is 1. The SMILES string of the molecule is Nc1nc(-c2ccc(N3CCOCC3)cc2)cc(-c2cccc([N+](=O)[O-])c2)n1. The highest BCUT2D eigenvalue weighted by molar-refractivity contribution is 5.71. The summed E-state index contributed by atoms with van der Waals surface area (Å²) >= 11 is 0. The molecule has 2 heterocycles. The van der Waals surface area contributed by atoms with Gasteiger partial charge in [-0.1, -0.05) is 24.3 Å². The molecule has 0 radical (unpaired) electrons. The molecule has 1 aliphatic heterocycles. The van der Waals surface area contributed by atoms with Crippen LogP contribution in [-0.2, 0) is 4.74 Å². The predicted octanol–water partition coefficient (Wildman–Crippen LogP) is 3.14. The number of nitro groups is 1. The number of nitrogens with two attached hydrogens (primary N) is 1. The highest BCUT2D eigenvalue weighted by Gasteiger charge is 2.13. The van der Waals surface area contributed by atoms with E-state index < -0.39 is 4.92 Å².